The van der Waals surface area contributed by atoms with Gasteiger partial charge >= 0.3 is 0 Å². The first kappa shape index (κ1) is 18.3. The highest BCUT2D eigenvalue weighted by molar-refractivity contribution is 7.99. The van der Waals surface area contributed by atoms with Gasteiger partial charge in [0.25, 0.3) is 0 Å². The van der Waals surface area contributed by atoms with Crippen molar-refractivity contribution in [2.75, 3.05) is 36.8 Å². The van der Waals surface area contributed by atoms with E-state index in [1.807, 2.05) is 29.2 Å². The molecule has 0 bridgehead atoms. The van der Waals surface area contributed by atoms with Crippen LogP contribution in [0.1, 0.15) is 6.42 Å². The van der Waals surface area contributed by atoms with Crippen molar-refractivity contribution in [3.63, 3.8) is 0 Å². The lowest BCUT2D eigenvalue weighted by molar-refractivity contribution is -0.131. The number of benzene rings is 2. The summed E-state index contributed by atoms with van der Waals surface area (Å²) in [6.45, 7) is 2.85. The molecule has 1 fully saturated rings. The van der Waals surface area contributed by atoms with E-state index in [0.717, 1.165) is 28.7 Å². The van der Waals surface area contributed by atoms with Gasteiger partial charge in [-0.15, -0.1) is 11.8 Å². The van der Waals surface area contributed by atoms with Gasteiger partial charge < -0.3 is 9.80 Å². The molecule has 2 heterocycles. The summed E-state index contributed by atoms with van der Waals surface area (Å²) < 4.78 is 14.7. The smallest absolute Gasteiger partial charge is 0.223 e. The molecular formula is C20H20FN3OS2. The Morgan fingerprint density at radius 1 is 1.07 bits per heavy atom. The molecule has 1 aliphatic rings. The van der Waals surface area contributed by atoms with Crippen LogP contribution in [0.25, 0.3) is 10.2 Å². The lowest BCUT2D eigenvalue weighted by Gasteiger charge is -2.34. The number of halogens is 1. The van der Waals surface area contributed by atoms with Crippen LogP contribution >= 0.6 is 23.1 Å². The lowest BCUT2D eigenvalue weighted by atomic mass is 10.3. The summed E-state index contributed by atoms with van der Waals surface area (Å²) >= 11 is 3.22. The van der Waals surface area contributed by atoms with Crippen molar-refractivity contribution < 1.29 is 9.18 Å². The highest BCUT2D eigenvalue weighted by Gasteiger charge is 2.23. The Kier molecular flexibility index (Phi) is 5.59. The predicted octanol–water partition coefficient (Wildman–Crippen LogP) is 4.27. The summed E-state index contributed by atoms with van der Waals surface area (Å²) in [5.41, 5.74) is 0.439. The van der Waals surface area contributed by atoms with Crippen LogP contribution in [0.2, 0.25) is 0 Å². The highest BCUT2D eigenvalue weighted by Crippen LogP contribution is 2.30. The van der Waals surface area contributed by atoms with Crippen LogP contribution in [0, 0.1) is 5.82 Å². The zero-order valence-corrected chi connectivity index (χ0v) is 16.4. The second kappa shape index (κ2) is 8.27. The van der Waals surface area contributed by atoms with Crippen molar-refractivity contribution in [2.45, 2.75) is 11.3 Å². The summed E-state index contributed by atoms with van der Waals surface area (Å²) in [6.07, 6.45) is 0.548. The predicted molar refractivity (Wildman–Crippen MR) is 110 cm³/mol. The Balaban J connectivity index is 1.29. The van der Waals surface area contributed by atoms with Gasteiger partial charge in [0.05, 0.1) is 4.70 Å². The number of aromatic nitrogens is 1. The number of amides is 1. The largest absolute Gasteiger partial charge is 0.345 e. The Morgan fingerprint density at radius 2 is 1.85 bits per heavy atom. The molecule has 2 aromatic carbocycles. The first-order valence-electron chi connectivity index (χ1n) is 8.96. The average molecular weight is 402 g/mol. The number of rotatable bonds is 5. The minimum atomic E-state index is -0.278. The molecule has 0 unspecified atom stereocenters. The van der Waals surface area contributed by atoms with Crippen molar-refractivity contribution >= 4 is 44.4 Å². The van der Waals surface area contributed by atoms with Gasteiger partial charge in [0.2, 0.25) is 5.91 Å². The fraction of sp³-hybridized carbons (Fsp3) is 0.300. The van der Waals surface area contributed by atoms with E-state index >= 15 is 0 Å². The SMILES string of the molecule is O=C(CCSc1ccccc1)N1CCN(c2nc3c(F)cccc3s2)CC1. The fourth-order valence-corrected chi connectivity index (χ4v) is 5.01. The van der Waals surface area contributed by atoms with E-state index < -0.39 is 0 Å². The third-order valence-electron chi connectivity index (χ3n) is 4.59. The molecule has 140 valence electrons. The Morgan fingerprint density at radius 3 is 2.59 bits per heavy atom. The maximum Gasteiger partial charge on any atom is 0.223 e. The Bertz CT molecular complexity index is 923. The van der Waals surface area contributed by atoms with Crippen molar-refractivity contribution in [3.8, 4) is 0 Å². The van der Waals surface area contributed by atoms with Gasteiger partial charge in [-0.2, -0.15) is 0 Å². The number of carbonyl (C=O) groups is 1. The number of carbonyl (C=O) groups excluding carboxylic acids is 1. The van der Waals surface area contributed by atoms with Gasteiger partial charge in [0.15, 0.2) is 5.13 Å². The molecule has 1 amide bonds. The van der Waals surface area contributed by atoms with Crippen molar-refractivity contribution in [1.29, 1.82) is 0 Å². The van der Waals surface area contributed by atoms with Gasteiger partial charge in [0.1, 0.15) is 11.3 Å². The molecule has 1 aromatic heterocycles. The average Bonchev–Trinajstić information content (AvgIpc) is 3.15. The molecule has 4 nitrogen and oxygen atoms in total. The molecular weight excluding hydrogens is 381 g/mol. The zero-order chi connectivity index (χ0) is 18.6. The van der Waals surface area contributed by atoms with Crippen LogP contribution in [0.5, 0.6) is 0 Å². The van der Waals surface area contributed by atoms with Crippen molar-refractivity contribution in [2.24, 2.45) is 0 Å². The molecule has 1 saturated heterocycles. The minimum Gasteiger partial charge on any atom is -0.345 e. The number of fused-ring (bicyclic) bond motifs is 1. The summed E-state index contributed by atoms with van der Waals surface area (Å²) in [5, 5.41) is 0.835. The number of hydrogen-bond donors (Lipinski definition) is 0. The quantitative estimate of drug-likeness (QED) is 0.599. The maximum atomic E-state index is 13.8. The summed E-state index contributed by atoms with van der Waals surface area (Å²) in [5.74, 6) is 0.716. The first-order chi connectivity index (χ1) is 13.2. The minimum absolute atomic E-state index is 0.202. The monoisotopic (exact) mass is 401 g/mol. The van der Waals surface area contributed by atoms with Gasteiger partial charge in [0, 0.05) is 43.2 Å². The summed E-state index contributed by atoms with van der Waals surface area (Å²) in [4.78, 5) is 22.2. The van der Waals surface area contributed by atoms with Crippen LogP contribution in [-0.4, -0.2) is 47.7 Å². The molecule has 0 saturated carbocycles. The van der Waals surface area contributed by atoms with E-state index in [0.29, 0.717) is 25.0 Å². The van der Waals surface area contributed by atoms with Gasteiger partial charge in [-0.1, -0.05) is 35.6 Å². The molecule has 4 rings (SSSR count). The van der Waals surface area contributed by atoms with Gasteiger partial charge in [-0.25, -0.2) is 9.37 Å². The number of para-hydroxylation sites is 1. The summed E-state index contributed by atoms with van der Waals surface area (Å²) in [6, 6.07) is 15.2. The van der Waals surface area contributed by atoms with Gasteiger partial charge in [-0.3, -0.25) is 4.79 Å². The Labute approximate surface area is 166 Å². The maximum absolute atomic E-state index is 13.8. The van der Waals surface area contributed by atoms with E-state index in [1.54, 1.807) is 17.8 Å². The number of thiazole rings is 1. The molecule has 0 atom stereocenters. The molecule has 1 aliphatic heterocycles. The molecule has 0 radical (unpaired) electrons. The van der Waals surface area contributed by atoms with Crippen LogP contribution in [0.15, 0.2) is 53.4 Å². The molecule has 7 heteroatoms. The first-order valence-corrected chi connectivity index (χ1v) is 10.8. The second-order valence-corrected chi connectivity index (χ2v) is 8.54. The molecule has 0 aliphatic carbocycles. The van der Waals surface area contributed by atoms with Crippen LogP contribution in [0.4, 0.5) is 9.52 Å². The normalized spacial score (nSPS) is 14.7. The number of hydrogen-bond acceptors (Lipinski definition) is 5. The molecule has 27 heavy (non-hydrogen) atoms. The third kappa shape index (κ3) is 4.25. The number of anilines is 1. The fourth-order valence-electron chi connectivity index (χ4n) is 3.12. The lowest BCUT2D eigenvalue weighted by Crippen LogP contribution is -2.48. The standard InChI is InChI=1S/C20H20FN3OS2/c21-16-7-4-8-17-19(16)22-20(27-17)24-12-10-23(11-13-24)18(25)9-14-26-15-5-2-1-3-6-15/h1-8H,9-14H2. The van der Waals surface area contributed by atoms with Crippen LogP contribution < -0.4 is 4.90 Å². The van der Waals surface area contributed by atoms with Crippen LogP contribution in [-0.2, 0) is 4.79 Å². The molecule has 3 aromatic rings. The van der Waals surface area contributed by atoms with E-state index in [9.17, 15) is 9.18 Å². The van der Waals surface area contributed by atoms with Crippen LogP contribution in [0.3, 0.4) is 0 Å². The number of piperazine rings is 1. The molecule has 0 N–H and O–H groups in total. The van der Waals surface area contributed by atoms with Crippen molar-refractivity contribution in [1.82, 2.24) is 9.88 Å². The van der Waals surface area contributed by atoms with E-state index in [2.05, 4.69) is 22.0 Å². The number of thioether (sulfide) groups is 1. The van der Waals surface area contributed by atoms with Gasteiger partial charge in [-0.05, 0) is 24.3 Å². The Hall–Kier alpha value is -2.12. The molecule has 0 spiro atoms. The second-order valence-electron chi connectivity index (χ2n) is 6.36. The topological polar surface area (TPSA) is 36.4 Å². The van der Waals surface area contributed by atoms with E-state index in [1.165, 1.54) is 22.3 Å². The van der Waals surface area contributed by atoms with E-state index in [-0.39, 0.29) is 11.7 Å². The van der Waals surface area contributed by atoms with Crippen molar-refractivity contribution in [3.05, 3.63) is 54.3 Å². The zero-order valence-electron chi connectivity index (χ0n) is 14.8. The third-order valence-corrected chi connectivity index (χ3v) is 6.68. The van der Waals surface area contributed by atoms with E-state index in [4.69, 9.17) is 0 Å². The highest BCUT2D eigenvalue weighted by atomic mass is 32.2. The number of nitrogens with zero attached hydrogens (tertiary/aromatic N) is 3. The summed E-state index contributed by atoms with van der Waals surface area (Å²) in [7, 11) is 0.